The summed E-state index contributed by atoms with van der Waals surface area (Å²) < 4.78 is 0. The number of nitrogens with one attached hydrogen (secondary N) is 2. The van der Waals surface area contributed by atoms with Crippen molar-refractivity contribution < 1.29 is 0 Å². The zero-order valence-electron chi connectivity index (χ0n) is 12.4. The molecule has 1 aromatic carbocycles. The number of nitrogens with zero attached hydrogens (tertiary/aromatic N) is 2. The minimum Gasteiger partial charge on any atom is -0.339 e. The van der Waals surface area contributed by atoms with Crippen LogP contribution < -0.4 is 5.43 Å². The fourth-order valence-corrected chi connectivity index (χ4v) is 3.22. The number of hydrazine groups is 1. The van der Waals surface area contributed by atoms with Crippen molar-refractivity contribution in [2.24, 2.45) is 4.99 Å². The Morgan fingerprint density at radius 1 is 1.19 bits per heavy atom. The van der Waals surface area contributed by atoms with Gasteiger partial charge in [-0.05, 0) is 25.5 Å². The van der Waals surface area contributed by atoms with Crippen LogP contribution in [0.15, 0.2) is 41.0 Å². The number of benzene rings is 1. The van der Waals surface area contributed by atoms with Crippen molar-refractivity contribution >= 4 is 12.0 Å². The summed E-state index contributed by atoms with van der Waals surface area (Å²) >= 11 is 0. The van der Waals surface area contributed by atoms with Crippen molar-refractivity contribution in [2.75, 3.05) is 7.05 Å². The van der Waals surface area contributed by atoms with Crippen LogP contribution in [-0.2, 0) is 0 Å². The summed E-state index contributed by atoms with van der Waals surface area (Å²) in [7, 11) is 2.06. The van der Waals surface area contributed by atoms with E-state index in [1.165, 1.54) is 27.8 Å². The molecular weight excluding hydrogens is 260 g/mol. The van der Waals surface area contributed by atoms with Gasteiger partial charge in [-0.2, -0.15) is 0 Å². The molecule has 3 heterocycles. The highest BCUT2D eigenvalue weighted by Crippen LogP contribution is 2.41. The van der Waals surface area contributed by atoms with Crippen molar-refractivity contribution in [2.45, 2.75) is 19.9 Å². The third-order valence-corrected chi connectivity index (χ3v) is 4.27. The Labute approximate surface area is 124 Å². The van der Waals surface area contributed by atoms with Crippen molar-refractivity contribution in [3.63, 3.8) is 0 Å². The van der Waals surface area contributed by atoms with Gasteiger partial charge in [-0.25, -0.2) is 10.0 Å². The Morgan fingerprint density at radius 2 is 2.05 bits per heavy atom. The number of hydrogen-bond acceptors (Lipinski definition) is 3. The van der Waals surface area contributed by atoms with Gasteiger partial charge in [0.25, 0.3) is 0 Å². The average molecular weight is 278 g/mol. The van der Waals surface area contributed by atoms with Crippen LogP contribution in [0.25, 0.3) is 11.3 Å². The SMILES string of the molecule is Cc1ccc(-c2cc3c([nH]2)N=CC2=CNN(C)C23)c(C)c1. The van der Waals surface area contributed by atoms with Crippen molar-refractivity contribution in [3.05, 3.63) is 52.7 Å². The first-order chi connectivity index (χ1) is 10.1. The molecule has 1 atom stereocenters. The van der Waals surface area contributed by atoms with Gasteiger partial charge in [0.15, 0.2) is 0 Å². The molecule has 106 valence electrons. The van der Waals surface area contributed by atoms with Crippen LogP contribution in [0.3, 0.4) is 0 Å². The summed E-state index contributed by atoms with van der Waals surface area (Å²) in [5.41, 5.74) is 10.6. The maximum Gasteiger partial charge on any atom is 0.135 e. The van der Waals surface area contributed by atoms with E-state index in [2.05, 4.69) is 65.6 Å². The molecule has 0 amide bonds. The van der Waals surface area contributed by atoms with Crippen molar-refractivity contribution in [1.29, 1.82) is 0 Å². The minimum atomic E-state index is 0.244. The molecule has 4 heteroatoms. The number of aromatic nitrogens is 1. The molecule has 0 aliphatic carbocycles. The summed E-state index contributed by atoms with van der Waals surface area (Å²) in [5.74, 6) is 0.961. The zero-order chi connectivity index (χ0) is 14.6. The van der Waals surface area contributed by atoms with Gasteiger partial charge >= 0.3 is 0 Å². The lowest BCUT2D eigenvalue weighted by atomic mass is 9.98. The first-order valence-electron chi connectivity index (χ1n) is 7.17. The highest BCUT2D eigenvalue weighted by molar-refractivity contribution is 5.87. The lowest BCUT2D eigenvalue weighted by Gasteiger charge is -2.23. The van der Waals surface area contributed by atoms with Crippen LogP contribution in [-0.4, -0.2) is 23.3 Å². The maximum absolute atomic E-state index is 4.55. The molecule has 0 saturated heterocycles. The standard InChI is InChI=1S/C17H18N4/c1-10-4-5-13(11(2)6-10)15-7-14-16-12(9-19-21(16)3)8-18-17(14)20-15/h4-9,16,19-20H,1-3H3. The van der Waals surface area contributed by atoms with E-state index in [4.69, 9.17) is 0 Å². The lowest BCUT2D eigenvalue weighted by molar-refractivity contribution is 0.253. The molecule has 2 N–H and O–H groups in total. The molecule has 2 aromatic rings. The molecule has 1 unspecified atom stereocenters. The van der Waals surface area contributed by atoms with E-state index in [0.717, 1.165) is 11.5 Å². The van der Waals surface area contributed by atoms with Crippen LogP contribution in [0.5, 0.6) is 0 Å². The van der Waals surface area contributed by atoms with Crippen molar-refractivity contribution in [3.8, 4) is 11.3 Å². The highest BCUT2D eigenvalue weighted by atomic mass is 15.5. The van der Waals surface area contributed by atoms with Gasteiger partial charge in [-0.3, -0.25) is 0 Å². The molecule has 0 saturated carbocycles. The molecular formula is C17H18N4. The number of H-pyrrole nitrogens is 1. The third kappa shape index (κ3) is 1.83. The van der Waals surface area contributed by atoms with Gasteiger partial charge in [0.05, 0.1) is 6.04 Å². The van der Waals surface area contributed by atoms with Gasteiger partial charge < -0.3 is 10.4 Å². The summed E-state index contributed by atoms with van der Waals surface area (Å²) in [6.07, 6.45) is 3.95. The molecule has 4 rings (SSSR count). The molecule has 2 aliphatic heterocycles. The second kappa shape index (κ2) is 4.33. The van der Waals surface area contributed by atoms with Crippen LogP contribution >= 0.6 is 0 Å². The quantitative estimate of drug-likeness (QED) is 0.839. The Kier molecular flexibility index (Phi) is 2.56. The fourth-order valence-electron chi connectivity index (χ4n) is 3.22. The van der Waals surface area contributed by atoms with E-state index < -0.39 is 0 Å². The fraction of sp³-hybridized carbons (Fsp3) is 0.235. The molecule has 4 nitrogen and oxygen atoms in total. The zero-order valence-corrected chi connectivity index (χ0v) is 12.4. The summed E-state index contributed by atoms with van der Waals surface area (Å²) in [4.78, 5) is 8.01. The van der Waals surface area contributed by atoms with E-state index >= 15 is 0 Å². The van der Waals surface area contributed by atoms with Crippen LogP contribution in [0.1, 0.15) is 22.7 Å². The molecule has 1 aromatic heterocycles. The summed E-state index contributed by atoms with van der Waals surface area (Å²) in [6, 6.07) is 9.02. The molecule has 0 radical (unpaired) electrons. The lowest BCUT2D eigenvalue weighted by Crippen LogP contribution is -2.29. The number of aromatic amines is 1. The van der Waals surface area contributed by atoms with Gasteiger partial charge in [0.2, 0.25) is 0 Å². The predicted molar refractivity (Wildman–Crippen MR) is 85.6 cm³/mol. The summed E-state index contributed by atoms with van der Waals surface area (Å²) in [5, 5.41) is 2.11. The largest absolute Gasteiger partial charge is 0.339 e. The number of likely N-dealkylation sites (N-methyl/N-ethyl adjacent to an activating group) is 1. The Balaban J connectivity index is 1.83. The number of fused-ring (bicyclic) bond motifs is 3. The topological polar surface area (TPSA) is 43.4 Å². The smallest absolute Gasteiger partial charge is 0.135 e. The van der Waals surface area contributed by atoms with E-state index in [1.54, 1.807) is 0 Å². The number of aliphatic imine (C=N–C) groups is 1. The minimum absolute atomic E-state index is 0.244. The van der Waals surface area contributed by atoms with Crippen LogP contribution in [0.4, 0.5) is 5.82 Å². The monoisotopic (exact) mass is 278 g/mol. The predicted octanol–water partition coefficient (Wildman–Crippen LogP) is 3.39. The van der Waals surface area contributed by atoms with E-state index in [9.17, 15) is 0 Å². The molecule has 0 bridgehead atoms. The molecule has 0 spiro atoms. The molecule has 2 aliphatic rings. The third-order valence-electron chi connectivity index (χ3n) is 4.27. The van der Waals surface area contributed by atoms with Gasteiger partial charge in [-0.1, -0.05) is 23.8 Å². The second-order valence-corrected chi connectivity index (χ2v) is 5.85. The first-order valence-corrected chi connectivity index (χ1v) is 7.17. The highest BCUT2D eigenvalue weighted by Gasteiger charge is 2.31. The van der Waals surface area contributed by atoms with E-state index in [0.29, 0.717) is 0 Å². The number of hydrogen-bond donors (Lipinski definition) is 2. The average Bonchev–Trinajstić information content (AvgIpc) is 3.02. The Hall–Kier alpha value is -2.33. The normalized spacial score (nSPS) is 20.0. The molecule has 0 fully saturated rings. The van der Waals surface area contributed by atoms with Gasteiger partial charge in [0.1, 0.15) is 5.82 Å². The summed E-state index contributed by atoms with van der Waals surface area (Å²) in [6.45, 7) is 4.27. The van der Waals surface area contributed by atoms with Crippen LogP contribution in [0, 0.1) is 13.8 Å². The maximum atomic E-state index is 4.55. The number of aryl methyl sites for hydroxylation is 2. The molecule has 21 heavy (non-hydrogen) atoms. The van der Waals surface area contributed by atoms with Gasteiger partial charge in [-0.15, -0.1) is 0 Å². The second-order valence-electron chi connectivity index (χ2n) is 5.85. The van der Waals surface area contributed by atoms with Crippen LogP contribution in [0.2, 0.25) is 0 Å². The Bertz CT molecular complexity index is 782. The van der Waals surface area contributed by atoms with E-state index in [1.807, 2.05) is 12.4 Å². The number of rotatable bonds is 1. The van der Waals surface area contributed by atoms with Gasteiger partial charge in [0, 0.05) is 41.9 Å². The Morgan fingerprint density at radius 3 is 2.86 bits per heavy atom. The first kappa shape index (κ1) is 12.4. The van der Waals surface area contributed by atoms with Crippen molar-refractivity contribution in [1.82, 2.24) is 15.4 Å². The van der Waals surface area contributed by atoms with E-state index in [-0.39, 0.29) is 6.04 Å².